The van der Waals surface area contributed by atoms with E-state index in [4.69, 9.17) is 5.11 Å². The highest BCUT2D eigenvalue weighted by Crippen LogP contribution is 2.23. The number of rotatable bonds is 4. The summed E-state index contributed by atoms with van der Waals surface area (Å²) in [6, 6.07) is 9.68. The first kappa shape index (κ1) is 13.6. The van der Waals surface area contributed by atoms with Crippen molar-refractivity contribution < 1.29 is 14.7 Å². The fraction of sp³-hybridized carbons (Fsp3) is 0. The number of aromatic nitrogens is 4. The Labute approximate surface area is 124 Å². The van der Waals surface area contributed by atoms with Crippen LogP contribution in [0.4, 0.5) is 0 Å². The SMILES string of the molecule is O=Cc1nnn(-c2ccc(C(=O)O)cc2)c1-c1cccnc1. The minimum Gasteiger partial charge on any atom is -0.478 e. The van der Waals surface area contributed by atoms with Crippen LogP contribution in [0.2, 0.25) is 0 Å². The quantitative estimate of drug-likeness (QED) is 0.737. The number of nitrogens with zero attached hydrogens (tertiary/aromatic N) is 4. The molecule has 0 amide bonds. The Balaban J connectivity index is 2.14. The van der Waals surface area contributed by atoms with Crippen molar-refractivity contribution in [2.75, 3.05) is 0 Å². The van der Waals surface area contributed by atoms with Crippen molar-refractivity contribution >= 4 is 12.3 Å². The van der Waals surface area contributed by atoms with Crippen LogP contribution < -0.4 is 0 Å². The van der Waals surface area contributed by atoms with Gasteiger partial charge in [-0.2, -0.15) is 0 Å². The van der Waals surface area contributed by atoms with Crippen LogP contribution >= 0.6 is 0 Å². The van der Waals surface area contributed by atoms with E-state index in [2.05, 4.69) is 15.3 Å². The average Bonchev–Trinajstić information content (AvgIpc) is 2.99. The largest absolute Gasteiger partial charge is 0.478 e. The topological polar surface area (TPSA) is 98.0 Å². The zero-order valence-electron chi connectivity index (χ0n) is 11.2. The van der Waals surface area contributed by atoms with Gasteiger partial charge in [0.2, 0.25) is 0 Å². The molecule has 0 saturated carbocycles. The molecule has 0 aliphatic carbocycles. The van der Waals surface area contributed by atoms with Crippen LogP contribution in [0.3, 0.4) is 0 Å². The van der Waals surface area contributed by atoms with Gasteiger partial charge < -0.3 is 5.11 Å². The lowest BCUT2D eigenvalue weighted by atomic mass is 10.1. The predicted molar refractivity (Wildman–Crippen MR) is 76.9 cm³/mol. The first-order chi connectivity index (χ1) is 10.7. The van der Waals surface area contributed by atoms with Crippen molar-refractivity contribution in [2.24, 2.45) is 0 Å². The number of carboxylic acid groups (broad SMARTS) is 1. The third-order valence-electron chi connectivity index (χ3n) is 3.10. The van der Waals surface area contributed by atoms with Crippen LogP contribution in [0.1, 0.15) is 20.8 Å². The Morgan fingerprint density at radius 3 is 2.55 bits per heavy atom. The molecule has 0 saturated heterocycles. The summed E-state index contributed by atoms with van der Waals surface area (Å²) in [5.74, 6) is -1.01. The molecule has 3 rings (SSSR count). The number of carbonyl (C=O) groups is 2. The van der Waals surface area contributed by atoms with E-state index in [0.29, 0.717) is 23.2 Å². The number of carbonyl (C=O) groups excluding carboxylic acids is 1. The summed E-state index contributed by atoms with van der Waals surface area (Å²) >= 11 is 0. The number of pyridine rings is 1. The van der Waals surface area contributed by atoms with Crippen LogP contribution in [-0.2, 0) is 0 Å². The Morgan fingerprint density at radius 1 is 1.18 bits per heavy atom. The van der Waals surface area contributed by atoms with Crippen molar-refractivity contribution in [3.8, 4) is 16.9 Å². The molecule has 3 aromatic rings. The van der Waals surface area contributed by atoms with Crippen molar-refractivity contribution in [1.82, 2.24) is 20.0 Å². The van der Waals surface area contributed by atoms with Gasteiger partial charge in [-0.25, -0.2) is 9.48 Å². The second-order valence-electron chi connectivity index (χ2n) is 4.45. The second-order valence-corrected chi connectivity index (χ2v) is 4.45. The molecular weight excluding hydrogens is 284 g/mol. The van der Waals surface area contributed by atoms with E-state index in [9.17, 15) is 9.59 Å². The van der Waals surface area contributed by atoms with Gasteiger partial charge in [-0.1, -0.05) is 5.21 Å². The normalized spacial score (nSPS) is 10.4. The van der Waals surface area contributed by atoms with Gasteiger partial charge in [0.1, 0.15) is 5.69 Å². The van der Waals surface area contributed by atoms with E-state index in [1.807, 2.05) is 0 Å². The Bertz CT molecular complexity index is 826. The first-order valence-electron chi connectivity index (χ1n) is 6.35. The summed E-state index contributed by atoms with van der Waals surface area (Å²) in [6.45, 7) is 0. The van der Waals surface area contributed by atoms with Gasteiger partial charge in [0.25, 0.3) is 0 Å². The van der Waals surface area contributed by atoms with Gasteiger partial charge in [-0.3, -0.25) is 9.78 Å². The summed E-state index contributed by atoms with van der Waals surface area (Å²) < 4.78 is 1.48. The molecule has 0 spiro atoms. The highest BCUT2D eigenvalue weighted by atomic mass is 16.4. The molecule has 0 aliphatic rings. The van der Waals surface area contributed by atoms with Gasteiger partial charge in [0, 0.05) is 18.0 Å². The summed E-state index contributed by atoms with van der Waals surface area (Å²) in [7, 11) is 0. The molecule has 7 nitrogen and oxygen atoms in total. The van der Waals surface area contributed by atoms with Crippen LogP contribution in [0.5, 0.6) is 0 Å². The monoisotopic (exact) mass is 294 g/mol. The van der Waals surface area contributed by atoms with Gasteiger partial charge in [-0.05, 0) is 36.4 Å². The molecular formula is C15H10N4O3. The minimum absolute atomic E-state index is 0.169. The first-order valence-corrected chi connectivity index (χ1v) is 6.35. The lowest BCUT2D eigenvalue weighted by Gasteiger charge is -2.07. The number of hydrogen-bond donors (Lipinski definition) is 1. The molecule has 1 aromatic carbocycles. The highest BCUT2D eigenvalue weighted by molar-refractivity contribution is 5.88. The van der Waals surface area contributed by atoms with E-state index in [0.717, 1.165) is 0 Å². The van der Waals surface area contributed by atoms with Crippen molar-refractivity contribution in [3.63, 3.8) is 0 Å². The van der Waals surface area contributed by atoms with Crippen LogP contribution in [-0.4, -0.2) is 37.3 Å². The smallest absolute Gasteiger partial charge is 0.335 e. The molecule has 7 heteroatoms. The molecule has 0 fully saturated rings. The summed E-state index contributed by atoms with van der Waals surface area (Å²) in [5, 5.41) is 16.7. The lowest BCUT2D eigenvalue weighted by molar-refractivity contribution is 0.0696. The zero-order valence-corrected chi connectivity index (χ0v) is 11.2. The highest BCUT2D eigenvalue weighted by Gasteiger charge is 2.16. The Kier molecular flexibility index (Phi) is 3.45. The van der Waals surface area contributed by atoms with Gasteiger partial charge in [-0.15, -0.1) is 5.10 Å². The van der Waals surface area contributed by atoms with E-state index < -0.39 is 5.97 Å². The number of aldehydes is 1. The average molecular weight is 294 g/mol. The van der Waals surface area contributed by atoms with Gasteiger partial charge >= 0.3 is 5.97 Å². The fourth-order valence-corrected chi connectivity index (χ4v) is 2.07. The van der Waals surface area contributed by atoms with Gasteiger partial charge in [0.15, 0.2) is 12.0 Å². The maximum atomic E-state index is 11.2. The van der Waals surface area contributed by atoms with E-state index in [-0.39, 0.29) is 11.3 Å². The number of hydrogen-bond acceptors (Lipinski definition) is 5. The van der Waals surface area contributed by atoms with Gasteiger partial charge in [0.05, 0.1) is 11.3 Å². The second kappa shape index (κ2) is 5.57. The maximum Gasteiger partial charge on any atom is 0.335 e. The van der Waals surface area contributed by atoms with Crippen LogP contribution in [0, 0.1) is 0 Å². The number of benzene rings is 1. The fourth-order valence-electron chi connectivity index (χ4n) is 2.07. The van der Waals surface area contributed by atoms with E-state index in [1.165, 1.54) is 16.8 Å². The molecule has 0 unspecified atom stereocenters. The van der Waals surface area contributed by atoms with E-state index >= 15 is 0 Å². The molecule has 2 heterocycles. The number of carboxylic acids is 1. The molecule has 1 N–H and O–H groups in total. The van der Waals surface area contributed by atoms with Crippen molar-refractivity contribution in [1.29, 1.82) is 0 Å². The third-order valence-corrected chi connectivity index (χ3v) is 3.10. The number of aromatic carboxylic acids is 1. The Morgan fingerprint density at radius 2 is 1.95 bits per heavy atom. The zero-order chi connectivity index (χ0) is 15.5. The Hall–Kier alpha value is -3.35. The standard InChI is InChI=1S/C15H10N4O3/c20-9-13-14(11-2-1-7-16-8-11)19(18-17-13)12-5-3-10(4-6-12)15(21)22/h1-9H,(H,21,22). The molecule has 0 bridgehead atoms. The predicted octanol–water partition coefficient (Wildman–Crippen LogP) is 1.84. The molecule has 0 atom stereocenters. The molecule has 22 heavy (non-hydrogen) atoms. The molecule has 108 valence electrons. The van der Waals surface area contributed by atoms with Crippen LogP contribution in [0.25, 0.3) is 16.9 Å². The summed E-state index contributed by atoms with van der Waals surface area (Å²) in [6.07, 6.45) is 3.85. The lowest BCUT2D eigenvalue weighted by Crippen LogP contribution is -2.02. The molecule has 0 radical (unpaired) electrons. The minimum atomic E-state index is -1.01. The van der Waals surface area contributed by atoms with Crippen molar-refractivity contribution in [2.45, 2.75) is 0 Å². The van der Waals surface area contributed by atoms with E-state index in [1.54, 1.807) is 36.7 Å². The third kappa shape index (κ3) is 2.35. The molecule has 2 aromatic heterocycles. The van der Waals surface area contributed by atoms with Crippen molar-refractivity contribution in [3.05, 3.63) is 60.0 Å². The summed E-state index contributed by atoms with van der Waals surface area (Å²) in [4.78, 5) is 26.1. The molecule has 0 aliphatic heterocycles. The van der Waals surface area contributed by atoms with Crippen LogP contribution in [0.15, 0.2) is 48.8 Å². The maximum absolute atomic E-state index is 11.2. The summed E-state index contributed by atoms with van der Waals surface area (Å²) in [5.41, 5.74) is 2.16.